The maximum Gasteiger partial charge on any atom is 0.293 e. The smallest absolute Gasteiger partial charge is 0.293 e. The highest BCUT2D eigenvalue weighted by molar-refractivity contribution is 9.10. The van der Waals surface area contributed by atoms with E-state index in [1.807, 2.05) is 26.0 Å². The molecule has 5 nitrogen and oxygen atoms in total. The van der Waals surface area contributed by atoms with Crippen molar-refractivity contribution in [2.75, 3.05) is 13.2 Å². The number of nitrogens with zero attached hydrogens (tertiary/aromatic N) is 1. The zero-order valence-corrected chi connectivity index (χ0v) is 20.8. The van der Waals surface area contributed by atoms with E-state index in [2.05, 4.69) is 15.9 Å². The van der Waals surface area contributed by atoms with E-state index in [1.54, 1.807) is 24.3 Å². The van der Waals surface area contributed by atoms with Gasteiger partial charge in [0.05, 0.1) is 26.0 Å². The number of hydrogen-bond acceptors (Lipinski definition) is 5. The van der Waals surface area contributed by atoms with Crippen LogP contribution >= 0.6 is 50.9 Å². The Kier molecular flexibility index (Phi) is 8.33. The molecule has 9 heteroatoms. The first-order valence-corrected chi connectivity index (χ1v) is 12.0. The van der Waals surface area contributed by atoms with Crippen molar-refractivity contribution >= 4 is 68.1 Å². The van der Waals surface area contributed by atoms with E-state index in [0.717, 1.165) is 29.3 Å². The molecule has 0 aromatic heterocycles. The van der Waals surface area contributed by atoms with Crippen LogP contribution < -0.4 is 9.47 Å². The first-order chi connectivity index (χ1) is 14.8. The lowest BCUT2D eigenvalue weighted by molar-refractivity contribution is -0.122. The minimum absolute atomic E-state index is 0.247. The predicted molar refractivity (Wildman–Crippen MR) is 129 cm³/mol. The monoisotopic (exact) mass is 543 g/mol. The number of benzene rings is 2. The minimum Gasteiger partial charge on any atom is -0.490 e. The van der Waals surface area contributed by atoms with Gasteiger partial charge in [-0.15, -0.1) is 0 Å². The molecular formula is C22H20BrCl2NO4S. The molecule has 1 aliphatic heterocycles. The van der Waals surface area contributed by atoms with E-state index < -0.39 is 0 Å². The number of rotatable bonds is 8. The van der Waals surface area contributed by atoms with Crippen LogP contribution in [0.15, 0.2) is 39.7 Å². The molecule has 0 spiro atoms. The van der Waals surface area contributed by atoms with E-state index in [9.17, 15) is 9.59 Å². The summed E-state index contributed by atoms with van der Waals surface area (Å²) in [4.78, 5) is 26.3. The van der Waals surface area contributed by atoms with Crippen LogP contribution in [0.4, 0.5) is 4.79 Å². The van der Waals surface area contributed by atoms with Crippen molar-refractivity contribution in [3.63, 3.8) is 0 Å². The number of thioether (sulfide) groups is 1. The average molecular weight is 545 g/mol. The largest absolute Gasteiger partial charge is 0.490 e. The lowest BCUT2D eigenvalue weighted by Crippen LogP contribution is -2.28. The molecule has 1 heterocycles. The molecule has 1 aliphatic rings. The van der Waals surface area contributed by atoms with E-state index in [0.29, 0.717) is 44.1 Å². The summed E-state index contributed by atoms with van der Waals surface area (Å²) in [5.74, 6) is 0.783. The van der Waals surface area contributed by atoms with Crippen molar-refractivity contribution in [2.24, 2.45) is 0 Å². The summed E-state index contributed by atoms with van der Waals surface area (Å²) in [5.41, 5.74) is 1.58. The van der Waals surface area contributed by atoms with Gasteiger partial charge in [-0.25, -0.2) is 0 Å². The van der Waals surface area contributed by atoms with Gasteiger partial charge in [-0.05, 0) is 82.5 Å². The summed E-state index contributed by atoms with van der Waals surface area (Å²) in [6.07, 6.45) is 2.41. The molecule has 0 bridgehead atoms. The first kappa shape index (κ1) is 24.0. The van der Waals surface area contributed by atoms with Crippen molar-refractivity contribution in [1.82, 2.24) is 4.90 Å². The zero-order chi connectivity index (χ0) is 22.5. The van der Waals surface area contributed by atoms with E-state index in [-0.39, 0.29) is 17.8 Å². The highest BCUT2D eigenvalue weighted by atomic mass is 79.9. The molecule has 0 radical (unpaired) electrons. The SMILES string of the molecule is CCCN1C(=O)S/C(=C/c2cc(Br)c(OCc3ccc(Cl)c(Cl)c3)c(OCC)c2)C1=O. The number of carbonyl (C=O) groups is 2. The van der Waals surface area contributed by atoms with E-state index in [4.69, 9.17) is 32.7 Å². The second-order valence-corrected chi connectivity index (χ2v) is 9.30. The molecule has 0 aliphatic carbocycles. The van der Waals surface area contributed by atoms with Gasteiger partial charge in [-0.3, -0.25) is 14.5 Å². The first-order valence-electron chi connectivity index (χ1n) is 9.62. The Labute approximate surface area is 203 Å². The molecule has 164 valence electrons. The molecule has 2 aromatic carbocycles. The molecule has 0 N–H and O–H groups in total. The molecule has 1 fully saturated rings. The maximum atomic E-state index is 12.5. The summed E-state index contributed by atoms with van der Waals surface area (Å²) in [7, 11) is 0. The summed E-state index contributed by atoms with van der Waals surface area (Å²) in [6.45, 7) is 4.92. The summed E-state index contributed by atoms with van der Waals surface area (Å²) in [6, 6.07) is 8.91. The zero-order valence-electron chi connectivity index (χ0n) is 16.9. The maximum absolute atomic E-state index is 12.5. The molecule has 0 atom stereocenters. The molecular weight excluding hydrogens is 525 g/mol. The van der Waals surface area contributed by atoms with Crippen LogP contribution in [-0.2, 0) is 11.4 Å². The van der Waals surface area contributed by atoms with Crippen molar-refractivity contribution in [3.8, 4) is 11.5 Å². The van der Waals surface area contributed by atoms with Crippen LogP contribution in [0.2, 0.25) is 10.0 Å². The number of amides is 2. The number of carbonyl (C=O) groups excluding carboxylic acids is 2. The fourth-order valence-electron chi connectivity index (χ4n) is 2.93. The fraction of sp³-hybridized carbons (Fsp3) is 0.273. The topological polar surface area (TPSA) is 55.8 Å². The molecule has 3 rings (SSSR count). The number of ether oxygens (including phenoxy) is 2. The molecule has 2 aromatic rings. The Balaban J connectivity index is 1.85. The van der Waals surface area contributed by atoms with Crippen LogP contribution in [-0.4, -0.2) is 29.2 Å². The highest BCUT2D eigenvalue weighted by Crippen LogP contribution is 2.40. The van der Waals surface area contributed by atoms with Crippen molar-refractivity contribution in [1.29, 1.82) is 0 Å². The summed E-state index contributed by atoms with van der Waals surface area (Å²) < 4.78 is 12.4. The van der Waals surface area contributed by atoms with Gasteiger partial charge >= 0.3 is 0 Å². The molecule has 0 saturated carbocycles. The lowest BCUT2D eigenvalue weighted by atomic mass is 10.1. The lowest BCUT2D eigenvalue weighted by Gasteiger charge is -2.15. The fourth-order valence-corrected chi connectivity index (χ4v) is 4.69. The Morgan fingerprint density at radius 3 is 2.55 bits per heavy atom. The Bertz CT molecular complexity index is 1040. The van der Waals surface area contributed by atoms with Crippen LogP contribution in [0.5, 0.6) is 11.5 Å². The molecule has 31 heavy (non-hydrogen) atoms. The van der Waals surface area contributed by atoms with Crippen molar-refractivity contribution in [3.05, 3.63) is 60.9 Å². The van der Waals surface area contributed by atoms with Crippen LogP contribution in [0.1, 0.15) is 31.4 Å². The molecule has 1 saturated heterocycles. The van der Waals surface area contributed by atoms with Gasteiger partial charge in [0.1, 0.15) is 6.61 Å². The third-order valence-corrected chi connectivity index (χ3v) is 6.55. The quantitative estimate of drug-likeness (QED) is 0.329. The Morgan fingerprint density at radius 2 is 1.87 bits per heavy atom. The van der Waals surface area contributed by atoms with Crippen LogP contribution in [0, 0.1) is 0 Å². The molecule has 0 unspecified atom stereocenters. The highest BCUT2D eigenvalue weighted by Gasteiger charge is 2.34. The predicted octanol–water partition coefficient (Wildman–Crippen LogP) is 7.18. The minimum atomic E-state index is -0.272. The third-order valence-electron chi connectivity index (χ3n) is 4.32. The van der Waals surface area contributed by atoms with Crippen LogP contribution in [0.25, 0.3) is 6.08 Å². The Morgan fingerprint density at radius 1 is 1.10 bits per heavy atom. The van der Waals surface area contributed by atoms with E-state index in [1.165, 1.54) is 4.90 Å². The van der Waals surface area contributed by atoms with Gasteiger partial charge in [-0.2, -0.15) is 0 Å². The van der Waals surface area contributed by atoms with Gasteiger partial charge in [0.25, 0.3) is 11.1 Å². The van der Waals surface area contributed by atoms with E-state index >= 15 is 0 Å². The molecule has 2 amide bonds. The van der Waals surface area contributed by atoms with Gasteiger partial charge in [0.2, 0.25) is 0 Å². The summed E-state index contributed by atoms with van der Waals surface area (Å²) in [5, 5.41) is 0.692. The normalized spacial score (nSPS) is 15.1. The second-order valence-electron chi connectivity index (χ2n) is 6.63. The van der Waals surface area contributed by atoms with Gasteiger partial charge < -0.3 is 9.47 Å². The number of imide groups is 1. The number of hydrogen-bond donors (Lipinski definition) is 0. The Hall–Kier alpha value is -1.67. The third kappa shape index (κ3) is 5.77. The van der Waals surface area contributed by atoms with Gasteiger partial charge in [0, 0.05) is 6.54 Å². The summed E-state index contributed by atoms with van der Waals surface area (Å²) >= 11 is 16.5. The van der Waals surface area contributed by atoms with Crippen molar-refractivity contribution in [2.45, 2.75) is 26.9 Å². The van der Waals surface area contributed by atoms with Crippen LogP contribution in [0.3, 0.4) is 0 Å². The van der Waals surface area contributed by atoms with Gasteiger partial charge in [-0.1, -0.05) is 36.2 Å². The average Bonchev–Trinajstić information content (AvgIpc) is 2.98. The van der Waals surface area contributed by atoms with Crippen molar-refractivity contribution < 1.29 is 19.1 Å². The van der Waals surface area contributed by atoms with Gasteiger partial charge in [0.15, 0.2) is 11.5 Å². The second kappa shape index (κ2) is 10.8. The standard InChI is InChI=1S/C22H20BrCl2NO4S/c1-3-7-26-21(27)19(31-22(26)28)11-14-8-15(23)20(18(10-14)29-4-2)30-12-13-5-6-16(24)17(25)9-13/h5-6,8-11H,3-4,7,12H2,1-2H3/b19-11+. The number of halogens is 3.